The Hall–Kier alpha value is -1.80. The molecule has 0 fully saturated rings. The molecule has 0 aromatic heterocycles. The minimum absolute atomic E-state index is 0.328. The highest BCUT2D eigenvalue weighted by Gasteiger charge is 2.11. The zero-order valence-electron chi connectivity index (χ0n) is 14.1. The van der Waals surface area contributed by atoms with E-state index >= 15 is 0 Å². The molecule has 132 valence electrons. The molecule has 0 atom stereocenters. The van der Waals surface area contributed by atoms with Crippen molar-refractivity contribution in [3.8, 4) is 11.5 Å². The lowest BCUT2D eigenvalue weighted by atomic mass is 10.1. The lowest BCUT2D eigenvalue weighted by Gasteiger charge is -2.12. The van der Waals surface area contributed by atoms with Crippen LogP contribution in [0.25, 0.3) is 0 Å². The first kappa shape index (κ1) is 19.5. The van der Waals surface area contributed by atoms with Crippen LogP contribution in [0.3, 0.4) is 0 Å². The van der Waals surface area contributed by atoms with Gasteiger partial charge in [-0.25, -0.2) is 5.43 Å². The minimum atomic E-state index is -0.328. The predicted octanol–water partition coefficient (Wildman–Crippen LogP) is 4.42. The van der Waals surface area contributed by atoms with Gasteiger partial charge in [0.1, 0.15) is 0 Å². The average molecular weight is 473 g/mol. The molecule has 0 spiro atoms. The number of hydrazone groups is 1. The average Bonchev–Trinajstić information content (AvgIpc) is 2.59. The van der Waals surface area contributed by atoms with Crippen molar-refractivity contribution < 1.29 is 14.3 Å². The summed E-state index contributed by atoms with van der Waals surface area (Å²) in [5.41, 5.74) is 4.64. The Balaban J connectivity index is 2.12. The number of nitrogens with zero attached hydrogens (tertiary/aromatic N) is 1. The van der Waals surface area contributed by atoms with Gasteiger partial charge in [0, 0.05) is 10.6 Å². The summed E-state index contributed by atoms with van der Waals surface area (Å²) in [5.74, 6) is 0.985. The molecule has 0 aliphatic heterocycles. The fourth-order valence-corrected chi connectivity index (χ4v) is 3.02. The van der Waals surface area contributed by atoms with Crippen LogP contribution in [-0.2, 0) is 0 Å². The van der Waals surface area contributed by atoms with Crippen LogP contribution in [0.2, 0.25) is 5.02 Å². The van der Waals surface area contributed by atoms with Gasteiger partial charge >= 0.3 is 0 Å². The summed E-state index contributed by atoms with van der Waals surface area (Å²) in [6.45, 7) is 4.34. The first-order valence-electron chi connectivity index (χ1n) is 7.56. The van der Waals surface area contributed by atoms with E-state index < -0.39 is 0 Å². The third-order valence-corrected chi connectivity index (χ3v) is 4.56. The second-order valence-electron chi connectivity index (χ2n) is 5.13. The van der Waals surface area contributed by atoms with Gasteiger partial charge in [-0.1, -0.05) is 17.7 Å². The lowest BCUT2D eigenvalue weighted by Crippen LogP contribution is -2.17. The summed E-state index contributed by atoms with van der Waals surface area (Å²) < 4.78 is 11.8. The van der Waals surface area contributed by atoms with Crippen molar-refractivity contribution in [3.63, 3.8) is 0 Å². The van der Waals surface area contributed by atoms with E-state index in [-0.39, 0.29) is 5.91 Å². The van der Waals surface area contributed by atoms with Gasteiger partial charge in [-0.2, -0.15) is 5.10 Å². The largest absolute Gasteiger partial charge is 0.493 e. The van der Waals surface area contributed by atoms with E-state index in [2.05, 4.69) is 33.1 Å². The Labute approximate surface area is 165 Å². The van der Waals surface area contributed by atoms with E-state index in [1.165, 1.54) is 0 Å². The molecule has 1 amide bonds. The van der Waals surface area contributed by atoms with Crippen molar-refractivity contribution in [3.05, 3.63) is 55.6 Å². The molecule has 2 aromatic carbocycles. The second kappa shape index (κ2) is 9.05. The van der Waals surface area contributed by atoms with E-state index in [4.69, 9.17) is 21.1 Å². The zero-order valence-corrected chi connectivity index (χ0v) is 17.0. The monoisotopic (exact) mass is 472 g/mol. The molecule has 25 heavy (non-hydrogen) atoms. The lowest BCUT2D eigenvalue weighted by molar-refractivity contribution is 0.0955. The summed E-state index contributed by atoms with van der Waals surface area (Å²) in [5, 5.41) is 4.54. The number of rotatable bonds is 6. The fraction of sp³-hybridized carbons (Fsp3) is 0.222. The predicted molar refractivity (Wildman–Crippen MR) is 108 cm³/mol. The number of hydrogen-bond acceptors (Lipinski definition) is 4. The SMILES string of the molecule is CCOc1c(I)cc(/C=N\NC(=O)c2ccc(C)c(Cl)c2)cc1OC. The number of amides is 1. The summed E-state index contributed by atoms with van der Waals surface area (Å²) in [6, 6.07) is 8.80. The number of ether oxygens (including phenoxy) is 2. The number of methoxy groups -OCH3 is 1. The molecule has 0 radical (unpaired) electrons. The van der Waals surface area contributed by atoms with Crippen molar-refractivity contribution in [2.24, 2.45) is 5.10 Å². The van der Waals surface area contributed by atoms with Crippen LogP contribution in [0, 0.1) is 10.5 Å². The van der Waals surface area contributed by atoms with Crippen LogP contribution >= 0.6 is 34.2 Å². The van der Waals surface area contributed by atoms with Gasteiger partial charge < -0.3 is 9.47 Å². The molecule has 7 heteroatoms. The van der Waals surface area contributed by atoms with Crippen LogP contribution in [0.15, 0.2) is 35.4 Å². The summed E-state index contributed by atoms with van der Waals surface area (Å²) in [4.78, 5) is 12.1. The van der Waals surface area contributed by atoms with Gasteiger partial charge in [0.2, 0.25) is 0 Å². The van der Waals surface area contributed by atoms with Crippen molar-refractivity contribution in [1.82, 2.24) is 5.43 Å². The first-order chi connectivity index (χ1) is 12.0. The van der Waals surface area contributed by atoms with Crippen molar-refractivity contribution >= 4 is 46.3 Å². The highest BCUT2D eigenvalue weighted by molar-refractivity contribution is 14.1. The van der Waals surface area contributed by atoms with Crippen LogP contribution in [0.5, 0.6) is 11.5 Å². The third-order valence-electron chi connectivity index (χ3n) is 3.35. The van der Waals surface area contributed by atoms with Gasteiger partial charge in [0.15, 0.2) is 11.5 Å². The Kier molecular flexibility index (Phi) is 7.07. The fourth-order valence-electron chi connectivity index (χ4n) is 2.06. The van der Waals surface area contributed by atoms with Gasteiger partial charge in [-0.3, -0.25) is 4.79 Å². The molecule has 0 aliphatic rings. The first-order valence-corrected chi connectivity index (χ1v) is 9.01. The minimum Gasteiger partial charge on any atom is -0.493 e. The van der Waals surface area contributed by atoms with E-state index in [1.54, 1.807) is 37.6 Å². The Morgan fingerprint density at radius 1 is 1.36 bits per heavy atom. The van der Waals surface area contributed by atoms with Crippen molar-refractivity contribution in [2.45, 2.75) is 13.8 Å². The molecule has 0 unspecified atom stereocenters. The van der Waals surface area contributed by atoms with E-state index in [0.29, 0.717) is 28.7 Å². The number of carbonyl (C=O) groups is 1. The Bertz CT molecular complexity index is 809. The van der Waals surface area contributed by atoms with E-state index in [1.807, 2.05) is 19.9 Å². The molecule has 2 rings (SSSR count). The van der Waals surface area contributed by atoms with Gasteiger partial charge in [-0.15, -0.1) is 0 Å². The van der Waals surface area contributed by atoms with E-state index in [9.17, 15) is 4.79 Å². The number of aryl methyl sites for hydroxylation is 1. The highest BCUT2D eigenvalue weighted by atomic mass is 127. The highest BCUT2D eigenvalue weighted by Crippen LogP contribution is 2.33. The molecular weight excluding hydrogens is 455 g/mol. The van der Waals surface area contributed by atoms with Crippen LogP contribution in [0.4, 0.5) is 0 Å². The quantitative estimate of drug-likeness (QED) is 0.385. The van der Waals surface area contributed by atoms with E-state index in [0.717, 1.165) is 14.7 Å². The Morgan fingerprint density at radius 3 is 2.76 bits per heavy atom. The topological polar surface area (TPSA) is 59.9 Å². The smallest absolute Gasteiger partial charge is 0.271 e. The second-order valence-corrected chi connectivity index (χ2v) is 6.70. The molecule has 1 N–H and O–H groups in total. The molecular formula is C18H18ClIN2O3. The molecule has 0 bridgehead atoms. The summed E-state index contributed by atoms with van der Waals surface area (Å²) in [6.07, 6.45) is 1.55. The van der Waals surface area contributed by atoms with Crippen molar-refractivity contribution in [2.75, 3.05) is 13.7 Å². The van der Waals surface area contributed by atoms with Crippen molar-refractivity contribution in [1.29, 1.82) is 0 Å². The van der Waals surface area contributed by atoms with Gasteiger partial charge in [0.25, 0.3) is 5.91 Å². The molecule has 0 aliphatic carbocycles. The van der Waals surface area contributed by atoms with Crippen LogP contribution < -0.4 is 14.9 Å². The maximum atomic E-state index is 12.1. The number of benzene rings is 2. The molecule has 0 heterocycles. The summed E-state index contributed by atoms with van der Waals surface area (Å²) in [7, 11) is 1.58. The van der Waals surface area contributed by atoms with Crippen LogP contribution in [-0.4, -0.2) is 25.8 Å². The molecule has 0 saturated heterocycles. The Morgan fingerprint density at radius 2 is 2.12 bits per heavy atom. The number of halogens is 2. The van der Waals surface area contributed by atoms with Crippen LogP contribution in [0.1, 0.15) is 28.4 Å². The molecule has 2 aromatic rings. The third kappa shape index (κ3) is 5.09. The summed E-state index contributed by atoms with van der Waals surface area (Å²) >= 11 is 8.20. The number of hydrogen-bond donors (Lipinski definition) is 1. The normalized spacial score (nSPS) is 10.8. The van der Waals surface area contributed by atoms with Gasteiger partial charge in [-0.05, 0) is 71.8 Å². The number of nitrogens with one attached hydrogen (secondary N) is 1. The maximum absolute atomic E-state index is 12.1. The molecule has 0 saturated carbocycles. The number of carbonyl (C=O) groups excluding carboxylic acids is 1. The standard InChI is InChI=1S/C18H18ClIN2O3/c1-4-25-17-15(20)7-12(8-16(17)24-3)10-21-22-18(23)13-6-5-11(2)14(19)9-13/h5-10H,4H2,1-3H3,(H,22,23)/b21-10-. The maximum Gasteiger partial charge on any atom is 0.271 e. The zero-order chi connectivity index (χ0) is 18.4. The molecule has 5 nitrogen and oxygen atoms in total. The van der Waals surface area contributed by atoms with Gasteiger partial charge in [0.05, 0.1) is 23.5 Å².